The van der Waals surface area contributed by atoms with Crippen LogP contribution in [-0.2, 0) is 22.4 Å². The fraction of sp³-hybridized carbons (Fsp3) is 0.167. The molecule has 0 unspecified atom stereocenters. The zero-order chi connectivity index (χ0) is 29.2. The topological polar surface area (TPSA) is 122 Å². The van der Waals surface area contributed by atoms with Gasteiger partial charge in [-0.15, -0.1) is 9.55 Å². The molecule has 1 aromatic heterocycles. The summed E-state index contributed by atoms with van der Waals surface area (Å²) in [5.74, 6) is 0.586. The Bertz CT molecular complexity index is 1530. The molecule has 0 aliphatic rings. The first kappa shape index (κ1) is 29.2. The van der Waals surface area contributed by atoms with E-state index in [0.717, 1.165) is 21.7 Å². The number of carbonyl (C=O) groups is 1. The number of rotatable bonds is 13. The molecule has 10 nitrogen and oxygen atoms in total. The maximum Gasteiger partial charge on any atom is 0.565 e. The van der Waals surface area contributed by atoms with Crippen LogP contribution < -0.4 is 18.5 Å². The highest BCUT2D eigenvalue weighted by Gasteiger charge is 2.34. The van der Waals surface area contributed by atoms with Gasteiger partial charge in [-0.3, -0.25) is 0 Å². The highest BCUT2D eigenvalue weighted by atomic mass is 31.2. The molecule has 0 saturated carbocycles. The van der Waals surface area contributed by atoms with E-state index in [2.05, 4.69) is 10.3 Å². The third kappa shape index (κ3) is 7.86. The zero-order valence-corrected chi connectivity index (χ0v) is 23.7. The molecular formula is C30H30N3O7P. The van der Waals surface area contributed by atoms with E-state index in [-0.39, 0.29) is 6.61 Å². The number of carboxylic acid groups (broad SMARTS) is 1. The van der Waals surface area contributed by atoms with Gasteiger partial charge in [-0.25, -0.2) is 9.36 Å². The Morgan fingerprint density at radius 2 is 1.61 bits per heavy atom. The van der Waals surface area contributed by atoms with Crippen molar-refractivity contribution in [3.8, 4) is 23.0 Å². The molecule has 0 aliphatic heterocycles. The second-order valence-electron chi connectivity index (χ2n) is 9.02. The van der Waals surface area contributed by atoms with Crippen LogP contribution in [0.2, 0.25) is 0 Å². The highest BCUT2D eigenvalue weighted by Crippen LogP contribution is 2.49. The van der Waals surface area contributed by atoms with Crippen LogP contribution in [0.25, 0.3) is 6.08 Å². The van der Waals surface area contributed by atoms with Gasteiger partial charge in [0.2, 0.25) is 0 Å². The lowest BCUT2D eigenvalue weighted by molar-refractivity contribution is -0.131. The lowest BCUT2D eigenvalue weighted by atomic mass is 10.0. The summed E-state index contributed by atoms with van der Waals surface area (Å²) in [6.45, 7) is 3.89. The predicted molar refractivity (Wildman–Crippen MR) is 154 cm³/mol. The van der Waals surface area contributed by atoms with E-state index in [9.17, 15) is 14.5 Å². The number of para-hydroxylation sites is 2. The van der Waals surface area contributed by atoms with Crippen LogP contribution in [0.3, 0.4) is 0 Å². The molecule has 0 aliphatic carbocycles. The van der Waals surface area contributed by atoms with Gasteiger partial charge in [-0.1, -0.05) is 53.3 Å². The lowest BCUT2D eigenvalue weighted by Crippen LogP contribution is -2.10. The molecule has 0 atom stereocenters. The van der Waals surface area contributed by atoms with E-state index in [1.165, 1.54) is 12.3 Å². The van der Waals surface area contributed by atoms with Gasteiger partial charge in [-0.05, 0) is 62.7 Å². The normalized spacial score (nSPS) is 11.2. The summed E-state index contributed by atoms with van der Waals surface area (Å²) in [6, 6.07) is 20.7. The van der Waals surface area contributed by atoms with Crippen LogP contribution in [-0.4, -0.2) is 33.0 Å². The average molecular weight is 576 g/mol. The first-order valence-electron chi connectivity index (χ1n) is 12.7. The molecule has 1 N–H and O–H groups in total. The summed E-state index contributed by atoms with van der Waals surface area (Å²) in [5, 5.41) is 17.3. The number of benzene rings is 3. The summed E-state index contributed by atoms with van der Waals surface area (Å²) in [7, 11) is -2.53. The third-order valence-corrected chi connectivity index (χ3v) is 7.24. The van der Waals surface area contributed by atoms with E-state index in [0.29, 0.717) is 40.7 Å². The third-order valence-electron chi connectivity index (χ3n) is 5.66. The van der Waals surface area contributed by atoms with Crippen molar-refractivity contribution >= 4 is 19.8 Å². The van der Waals surface area contributed by atoms with Crippen molar-refractivity contribution in [2.75, 3.05) is 7.11 Å². The van der Waals surface area contributed by atoms with E-state index >= 15 is 0 Å². The minimum absolute atomic E-state index is 0.0699. The second-order valence-corrected chi connectivity index (χ2v) is 10.7. The van der Waals surface area contributed by atoms with E-state index < -0.39 is 13.7 Å². The number of methoxy groups -OCH3 is 1. The number of hydrogen-bond donors (Lipinski definition) is 1. The molecule has 0 amide bonds. The van der Waals surface area contributed by atoms with Crippen LogP contribution in [0.4, 0.5) is 0 Å². The van der Waals surface area contributed by atoms with Gasteiger partial charge in [0, 0.05) is 17.2 Å². The van der Waals surface area contributed by atoms with Crippen LogP contribution in [0.1, 0.15) is 30.7 Å². The molecule has 0 saturated heterocycles. The van der Waals surface area contributed by atoms with Crippen LogP contribution in [0.15, 0.2) is 96.7 Å². The summed E-state index contributed by atoms with van der Waals surface area (Å²) >= 11 is 0. The summed E-state index contributed by atoms with van der Waals surface area (Å²) in [5.41, 5.74) is 2.71. The van der Waals surface area contributed by atoms with Gasteiger partial charge in [-0.2, -0.15) is 0 Å². The van der Waals surface area contributed by atoms with Crippen molar-refractivity contribution in [2.45, 2.75) is 26.9 Å². The monoisotopic (exact) mass is 575 g/mol. The fourth-order valence-electron chi connectivity index (χ4n) is 3.73. The number of nitrogens with zero attached hydrogens (tertiary/aromatic N) is 3. The maximum atomic E-state index is 14.0. The van der Waals surface area contributed by atoms with Crippen molar-refractivity contribution in [3.05, 3.63) is 114 Å². The molecule has 1 heterocycles. The maximum absolute atomic E-state index is 14.0. The van der Waals surface area contributed by atoms with E-state index in [1.807, 2.05) is 32.1 Å². The van der Waals surface area contributed by atoms with Gasteiger partial charge in [0.05, 0.1) is 13.3 Å². The van der Waals surface area contributed by atoms with Crippen molar-refractivity contribution in [1.29, 1.82) is 0 Å². The average Bonchev–Trinajstić information content (AvgIpc) is 3.45. The predicted octanol–water partition coefficient (Wildman–Crippen LogP) is 6.59. The molecule has 212 valence electrons. The molecule has 0 radical (unpaired) electrons. The van der Waals surface area contributed by atoms with E-state index in [4.69, 9.17) is 18.5 Å². The van der Waals surface area contributed by atoms with Crippen molar-refractivity contribution in [2.24, 2.45) is 0 Å². The fourth-order valence-corrected chi connectivity index (χ4v) is 5.13. The molecule has 0 bridgehead atoms. The van der Waals surface area contributed by atoms with Crippen LogP contribution >= 0.6 is 7.75 Å². The Morgan fingerprint density at radius 1 is 0.976 bits per heavy atom. The van der Waals surface area contributed by atoms with Gasteiger partial charge in [0.25, 0.3) is 0 Å². The van der Waals surface area contributed by atoms with Crippen molar-refractivity contribution in [3.63, 3.8) is 0 Å². The number of aromatic nitrogens is 3. The summed E-state index contributed by atoms with van der Waals surface area (Å²) in [4.78, 5) is 11.2. The van der Waals surface area contributed by atoms with Crippen LogP contribution in [0, 0.1) is 0 Å². The first-order chi connectivity index (χ1) is 19.8. The number of allylic oxidation sites excluding steroid dienone is 2. The Balaban J connectivity index is 1.65. The smallest absolute Gasteiger partial charge is 0.496 e. The van der Waals surface area contributed by atoms with Crippen LogP contribution in [0.5, 0.6) is 23.0 Å². The Labute approximate surface area is 238 Å². The molecule has 0 fully saturated rings. The number of carboxylic acids is 1. The molecule has 3 aromatic carbocycles. The molecule has 0 spiro atoms. The minimum atomic E-state index is -4.08. The Morgan fingerprint density at radius 3 is 2.17 bits per heavy atom. The number of aliphatic carboxylic acids is 1. The minimum Gasteiger partial charge on any atom is -0.496 e. The van der Waals surface area contributed by atoms with Gasteiger partial charge in [0.15, 0.2) is 0 Å². The first-order valence-corrected chi connectivity index (χ1v) is 14.2. The van der Waals surface area contributed by atoms with Gasteiger partial charge < -0.3 is 23.6 Å². The molecular weight excluding hydrogens is 545 g/mol. The Kier molecular flexibility index (Phi) is 9.60. The van der Waals surface area contributed by atoms with Crippen molar-refractivity contribution < 1.29 is 33.0 Å². The van der Waals surface area contributed by atoms with Gasteiger partial charge in [0.1, 0.15) is 35.3 Å². The Hall–Kier alpha value is -4.82. The van der Waals surface area contributed by atoms with Gasteiger partial charge >= 0.3 is 13.7 Å². The SMILES string of the molecule is COc1ccc(/C=C\C(=O)O)c(OCc2cn(P(=O)(Oc3ccccc3)Oc3ccccc3)nn2)c1CC=C(C)C. The van der Waals surface area contributed by atoms with E-state index in [1.54, 1.807) is 67.8 Å². The molecule has 41 heavy (non-hydrogen) atoms. The highest BCUT2D eigenvalue weighted by molar-refractivity contribution is 7.52. The number of ether oxygens (including phenoxy) is 2. The second kappa shape index (κ2) is 13.5. The molecule has 4 aromatic rings. The molecule has 11 heteroatoms. The standard InChI is InChI=1S/C30H30N3O7P/c1-22(2)14-17-27-28(37-3)18-15-23(16-19-29(34)35)30(27)38-21-24-20-33(32-31-24)41(36,39-25-10-6-4-7-11-25)40-26-12-8-5-9-13-26/h4-16,18-20H,17,21H2,1-3H3,(H,34,35)/b19-16-. The quantitative estimate of drug-likeness (QED) is 0.107. The van der Waals surface area contributed by atoms with Crippen molar-refractivity contribution in [1.82, 2.24) is 14.8 Å². The number of hydrogen-bond acceptors (Lipinski definition) is 8. The summed E-state index contributed by atoms with van der Waals surface area (Å²) < 4.78 is 38.4. The molecule has 4 rings (SSSR count). The zero-order valence-electron chi connectivity index (χ0n) is 22.8. The summed E-state index contributed by atoms with van der Waals surface area (Å²) in [6.07, 6.45) is 6.43. The largest absolute Gasteiger partial charge is 0.565 e. The lowest BCUT2D eigenvalue weighted by Gasteiger charge is -2.18.